The average Bonchev–Trinajstić information content (AvgIpc) is 2.00. The maximum atomic E-state index is 5.79. The van der Waals surface area contributed by atoms with Gasteiger partial charge in [0.15, 0.2) is 0 Å². The van der Waals surface area contributed by atoms with Gasteiger partial charge < -0.3 is 10.5 Å². The van der Waals surface area contributed by atoms with Crippen LogP contribution in [0.25, 0.3) is 0 Å². The molecule has 1 rings (SSSR count). The van der Waals surface area contributed by atoms with E-state index in [0.717, 1.165) is 5.56 Å². The number of benzene rings is 1. The highest BCUT2D eigenvalue weighted by Gasteiger charge is 2.11. The molecule has 3 heteroatoms. The van der Waals surface area contributed by atoms with Crippen LogP contribution in [-0.2, 0) is 11.3 Å². The summed E-state index contributed by atoms with van der Waals surface area (Å²) in [5.41, 5.74) is 7.30. The molecule has 0 atom stereocenters. The Labute approximate surface area is 90.0 Å². The van der Waals surface area contributed by atoms with E-state index in [1.165, 1.54) is 0 Å². The van der Waals surface area contributed by atoms with Gasteiger partial charge in [-0.1, -0.05) is 17.7 Å². The Kier molecular flexibility index (Phi) is 3.40. The maximum Gasteiger partial charge on any atom is 0.0744 e. The Hall–Kier alpha value is -0.730. The van der Waals surface area contributed by atoms with E-state index in [1.54, 1.807) is 6.07 Å². The van der Waals surface area contributed by atoms with Crippen LogP contribution in [0.1, 0.15) is 26.3 Å². The van der Waals surface area contributed by atoms with Gasteiger partial charge in [-0.05, 0) is 32.9 Å². The van der Waals surface area contributed by atoms with E-state index in [9.17, 15) is 0 Å². The van der Waals surface area contributed by atoms with Gasteiger partial charge in [0.2, 0.25) is 0 Å². The van der Waals surface area contributed by atoms with Crippen LogP contribution < -0.4 is 5.73 Å². The molecule has 0 radical (unpaired) electrons. The number of nitrogens with two attached hydrogens (primary N) is 1. The Balaban J connectivity index is 2.68. The number of anilines is 1. The van der Waals surface area contributed by atoms with Crippen LogP contribution in [0.5, 0.6) is 0 Å². The second-order valence-electron chi connectivity index (χ2n) is 4.24. The Bertz CT molecular complexity index is 318. The lowest BCUT2D eigenvalue weighted by Crippen LogP contribution is -2.19. The molecular formula is C11H16ClNO. The van der Waals surface area contributed by atoms with Gasteiger partial charge in [-0.15, -0.1) is 0 Å². The fourth-order valence-corrected chi connectivity index (χ4v) is 1.17. The molecule has 2 nitrogen and oxygen atoms in total. The molecule has 78 valence electrons. The van der Waals surface area contributed by atoms with Crippen LogP contribution in [-0.4, -0.2) is 5.60 Å². The second kappa shape index (κ2) is 4.20. The van der Waals surface area contributed by atoms with Gasteiger partial charge in [-0.3, -0.25) is 0 Å². The van der Waals surface area contributed by atoms with E-state index in [1.807, 2.05) is 32.9 Å². The Morgan fingerprint density at radius 1 is 1.36 bits per heavy atom. The normalized spacial score (nSPS) is 11.7. The summed E-state index contributed by atoms with van der Waals surface area (Å²) >= 11 is 5.79. The summed E-state index contributed by atoms with van der Waals surface area (Å²) in [4.78, 5) is 0. The summed E-state index contributed by atoms with van der Waals surface area (Å²) in [6.07, 6.45) is 0. The summed E-state index contributed by atoms with van der Waals surface area (Å²) in [5.74, 6) is 0. The molecule has 0 saturated carbocycles. The highest BCUT2D eigenvalue weighted by Crippen LogP contribution is 2.20. The first-order valence-corrected chi connectivity index (χ1v) is 4.94. The molecule has 0 aliphatic carbocycles. The van der Waals surface area contributed by atoms with Gasteiger partial charge in [0.1, 0.15) is 0 Å². The van der Waals surface area contributed by atoms with E-state index < -0.39 is 0 Å². The quantitative estimate of drug-likeness (QED) is 0.766. The summed E-state index contributed by atoms with van der Waals surface area (Å²) in [7, 11) is 0. The van der Waals surface area contributed by atoms with Gasteiger partial charge in [0.05, 0.1) is 12.2 Å². The van der Waals surface area contributed by atoms with Crippen molar-refractivity contribution in [1.82, 2.24) is 0 Å². The number of hydrogen-bond donors (Lipinski definition) is 1. The van der Waals surface area contributed by atoms with E-state index >= 15 is 0 Å². The third-order valence-electron chi connectivity index (χ3n) is 1.77. The largest absolute Gasteiger partial charge is 0.398 e. The van der Waals surface area contributed by atoms with Crippen LogP contribution in [0.3, 0.4) is 0 Å². The number of nitrogen functional groups attached to an aromatic ring is 1. The first-order valence-electron chi connectivity index (χ1n) is 4.56. The Morgan fingerprint density at radius 3 is 2.50 bits per heavy atom. The monoisotopic (exact) mass is 213 g/mol. The molecule has 0 aliphatic heterocycles. The number of halogens is 1. The zero-order valence-electron chi connectivity index (χ0n) is 8.80. The molecule has 0 spiro atoms. The number of ether oxygens (including phenoxy) is 1. The lowest BCUT2D eigenvalue weighted by molar-refractivity contribution is -0.0146. The third-order valence-corrected chi connectivity index (χ3v) is 2.00. The first-order chi connectivity index (χ1) is 6.38. The van der Waals surface area contributed by atoms with Crippen molar-refractivity contribution in [2.45, 2.75) is 33.0 Å². The predicted molar refractivity (Wildman–Crippen MR) is 60.4 cm³/mol. The van der Waals surface area contributed by atoms with Gasteiger partial charge in [-0.25, -0.2) is 0 Å². The minimum absolute atomic E-state index is 0.147. The third kappa shape index (κ3) is 3.56. The number of hydrogen-bond acceptors (Lipinski definition) is 2. The molecule has 0 unspecified atom stereocenters. The summed E-state index contributed by atoms with van der Waals surface area (Å²) in [5, 5.41) is 0.655. The van der Waals surface area contributed by atoms with Crippen molar-refractivity contribution in [3.8, 4) is 0 Å². The predicted octanol–water partition coefficient (Wildman–Crippen LogP) is 3.24. The fraction of sp³-hybridized carbons (Fsp3) is 0.455. The smallest absolute Gasteiger partial charge is 0.0744 e. The van der Waals surface area contributed by atoms with Gasteiger partial charge in [0, 0.05) is 16.3 Å². The minimum atomic E-state index is -0.147. The molecule has 0 amide bonds. The van der Waals surface area contributed by atoms with Crippen LogP contribution in [0.15, 0.2) is 18.2 Å². The molecule has 0 fully saturated rings. The van der Waals surface area contributed by atoms with Gasteiger partial charge in [-0.2, -0.15) is 0 Å². The topological polar surface area (TPSA) is 35.2 Å². The second-order valence-corrected chi connectivity index (χ2v) is 4.68. The summed E-state index contributed by atoms with van der Waals surface area (Å²) in [6, 6.07) is 5.45. The van der Waals surface area contributed by atoms with Crippen molar-refractivity contribution in [2.24, 2.45) is 0 Å². The lowest BCUT2D eigenvalue weighted by atomic mass is 10.1. The minimum Gasteiger partial charge on any atom is -0.398 e. The summed E-state index contributed by atoms with van der Waals surface area (Å²) in [6.45, 7) is 6.56. The highest BCUT2D eigenvalue weighted by atomic mass is 35.5. The van der Waals surface area contributed by atoms with Crippen molar-refractivity contribution in [3.63, 3.8) is 0 Å². The molecule has 0 bridgehead atoms. The van der Waals surface area contributed by atoms with E-state index in [4.69, 9.17) is 22.1 Å². The molecule has 0 heterocycles. The van der Waals surface area contributed by atoms with Crippen LogP contribution in [0.2, 0.25) is 5.02 Å². The van der Waals surface area contributed by atoms with E-state index in [0.29, 0.717) is 17.3 Å². The van der Waals surface area contributed by atoms with Crippen molar-refractivity contribution in [2.75, 3.05) is 5.73 Å². The number of rotatable bonds is 2. The lowest BCUT2D eigenvalue weighted by Gasteiger charge is -2.20. The summed E-state index contributed by atoms with van der Waals surface area (Å²) < 4.78 is 5.61. The molecule has 14 heavy (non-hydrogen) atoms. The van der Waals surface area contributed by atoms with Crippen LogP contribution in [0.4, 0.5) is 5.69 Å². The van der Waals surface area contributed by atoms with Crippen molar-refractivity contribution < 1.29 is 4.74 Å². The van der Waals surface area contributed by atoms with Gasteiger partial charge in [0.25, 0.3) is 0 Å². The molecular weight excluding hydrogens is 198 g/mol. The van der Waals surface area contributed by atoms with Crippen molar-refractivity contribution >= 4 is 17.3 Å². The first kappa shape index (κ1) is 11.3. The molecule has 1 aromatic carbocycles. The van der Waals surface area contributed by atoms with E-state index in [2.05, 4.69) is 0 Å². The zero-order valence-corrected chi connectivity index (χ0v) is 9.56. The molecule has 1 aromatic rings. The zero-order chi connectivity index (χ0) is 10.8. The highest BCUT2D eigenvalue weighted by molar-refractivity contribution is 6.30. The van der Waals surface area contributed by atoms with Gasteiger partial charge >= 0.3 is 0 Å². The standard InChI is InChI=1S/C11H16ClNO/c1-11(2,3)14-7-8-4-5-9(12)6-10(8)13/h4-6H,7,13H2,1-3H3. The maximum absolute atomic E-state index is 5.79. The van der Waals surface area contributed by atoms with Crippen molar-refractivity contribution in [1.29, 1.82) is 0 Å². The van der Waals surface area contributed by atoms with Crippen LogP contribution >= 0.6 is 11.6 Å². The molecule has 0 saturated heterocycles. The Morgan fingerprint density at radius 2 is 2.00 bits per heavy atom. The fourth-order valence-electron chi connectivity index (χ4n) is 0.991. The molecule has 0 aromatic heterocycles. The van der Waals surface area contributed by atoms with Crippen molar-refractivity contribution in [3.05, 3.63) is 28.8 Å². The van der Waals surface area contributed by atoms with Crippen LogP contribution in [0, 0.1) is 0 Å². The molecule has 0 aliphatic rings. The van der Waals surface area contributed by atoms with E-state index in [-0.39, 0.29) is 5.60 Å². The average molecular weight is 214 g/mol. The molecule has 2 N–H and O–H groups in total. The SMILES string of the molecule is CC(C)(C)OCc1ccc(Cl)cc1N.